The van der Waals surface area contributed by atoms with Gasteiger partial charge in [0.25, 0.3) is 5.91 Å². The first kappa shape index (κ1) is 22.5. The summed E-state index contributed by atoms with van der Waals surface area (Å²) >= 11 is 1.61. The van der Waals surface area contributed by atoms with Crippen LogP contribution in [0, 0.1) is 0 Å². The third-order valence-corrected chi connectivity index (χ3v) is 4.86. The van der Waals surface area contributed by atoms with Crippen molar-refractivity contribution in [2.75, 3.05) is 31.4 Å². The zero-order valence-corrected chi connectivity index (χ0v) is 18.7. The van der Waals surface area contributed by atoms with Crippen molar-refractivity contribution >= 4 is 23.7 Å². The Bertz CT molecular complexity index is 1010. The molecule has 3 aromatic rings. The number of aromatic nitrogens is 2. The number of nitrogens with one attached hydrogen (secondary N) is 1. The second kappa shape index (κ2) is 10.7. The second-order valence-electron chi connectivity index (χ2n) is 6.20. The van der Waals surface area contributed by atoms with Crippen molar-refractivity contribution in [2.24, 2.45) is 0 Å². The number of thioether (sulfide) groups is 1. The molecule has 0 fully saturated rings. The summed E-state index contributed by atoms with van der Waals surface area (Å²) in [5, 5.41) is 10.6. The first-order chi connectivity index (χ1) is 15.1. The molecular formula is C22H25N3O5S. The highest BCUT2D eigenvalue weighted by atomic mass is 32.2. The van der Waals surface area contributed by atoms with Gasteiger partial charge in [-0.15, -0.1) is 16.9 Å². The van der Waals surface area contributed by atoms with Gasteiger partial charge in [-0.25, -0.2) is 0 Å². The van der Waals surface area contributed by atoms with Gasteiger partial charge in [-0.3, -0.25) is 10.1 Å². The quantitative estimate of drug-likeness (QED) is 0.442. The van der Waals surface area contributed by atoms with E-state index in [1.807, 2.05) is 51.3 Å². The number of benzene rings is 2. The summed E-state index contributed by atoms with van der Waals surface area (Å²) in [5.41, 5.74) is 1.10. The molecule has 1 aromatic heterocycles. The molecule has 0 bridgehead atoms. The lowest BCUT2D eigenvalue weighted by Gasteiger charge is -2.16. The minimum absolute atomic E-state index is 0.000593. The first-order valence-electron chi connectivity index (χ1n) is 9.95. The maximum Gasteiger partial charge on any atom is 0.322 e. The summed E-state index contributed by atoms with van der Waals surface area (Å²) in [5.74, 6) is 1.22. The predicted octanol–water partition coefficient (Wildman–Crippen LogP) is 4.91. The van der Waals surface area contributed by atoms with Crippen LogP contribution in [0.1, 0.15) is 31.1 Å². The van der Waals surface area contributed by atoms with Crippen LogP contribution < -0.4 is 19.5 Å². The summed E-state index contributed by atoms with van der Waals surface area (Å²) in [7, 11) is 0. The topological polar surface area (TPSA) is 95.7 Å². The molecule has 31 heavy (non-hydrogen) atoms. The highest BCUT2D eigenvalue weighted by Gasteiger charge is 2.20. The Morgan fingerprint density at radius 1 is 1.00 bits per heavy atom. The number of carbonyl (C=O) groups excluding carboxylic acids is 1. The molecule has 0 aliphatic carbocycles. The van der Waals surface area contributed by atoms with Gasteiger partial charge in [0.1, 0.15) is 0 Å². The summed E-state index contributed by atoms with van der Waals surface area (Å²) in [6.45, 7) is 6.85. The van der Waals surface area contributed by atoms with Crippen LogP contribution in [0.15, 0.2) is 45.7 Å². The van der Waals surface area contributed by atoms with Gasteiger partial charge in [0.05, 0.1) is 19.8 Å². The average molecular weight is 444 g/mol. The van der Waals surface area contributed by atoms with Crippen LogP contribution in [0.5, 0.6) is 17.2 Å². The molecule has 3 rings (SSSR count). The van der Waals surface area contributed by atoms with Crippen molar-refractivity contribution in [3.63, 3.8) is 0 Å². The maximum absolute atomic E-state index is 12.8. The number of hydrogen-bond acceptors (Lipinski definition) is 8. The van der Waals surface area contributed by atoms with E-state index in [4.69, 9.17) is 18.6 Å². The van der Waals surface area contributed by atoms with Crippen LogP contribution in [0.3, 0.4) is 0 Å². The monoisotopic (exact) mass is 443 g/mol. The summed E-state index contributed by atoms with van der Waals surface area (Å²) in [6.07, 6.45) is 1.99. The normalized spacial score (nSPS) is 10.6. The highest BCUT2D eigenvalue weighted by Crippen LogP contribution is 2.39. The van der Waals surface area contributed by atoms with Gasteiger partial charge in [0.15, 0.2) is 11.5 Å². The number of ether oxygens (including phenoxy) is 3. The maximum atomic E-state index is 12.8. The van der Waals surface area contributed by atoms with Crippen LogP contribution in [0.2, 0.25) is 0 Å². The molecule has 0 aliphatic rings. The fraction of sp³-hybridized carbons (Fsp3) is 0.318. The Labute approximate surface area is 185 Å². The van der Waals surface area contributed by atoms with E-state index in [0.29, 0.717) is 48.5 Å². The molecule has 164 valence electrons. The standard InChI is InChI=1S/C22H25N3O5S/c1-5-27-17-12-15(13-18(28-6-2)19(17)29-7-3)20(26)23-22-25-24-21(30-22)14-9-8-10-16(11-14)31-4/h8-13H,5-7H2,1-4H3,(H,23,25,26). The number of amides is 1. The molecule has 0 saturated carbocycles. The Kier molecular flexibility index (Phi) is 7.77. The molecular weight excluding hydrogens is 418 g/mol. The van der Waals surface area contributed by atoms with E-state index in [9.17, 15) is 4.79 Å². The number of carbonyl (C=O) groups is 1. The molecule has 0 atom stereocenters. The first-order valence-corrected chi connectivity index (χ1v) is 11.2. The lowest BCUT2D eigenvalue weighted by Crippen LogP contribution is -2.13. The molecule has 0 spiro atoms. The Hall–Kier alpha value is -3.20. The molecule has 9 heteroatoms. The van der Waals surface area contributed by atoms with Crippen LogP contribution in [0.25, 0.3) is 11.5 Å². The van der Waals surface area contributed by atoms with Gasteiger partial charge in [0.2, 0.25) is 11.6 Å². The van der Waals surface area contributed by atoms with Crippen molar-refractivity contribution in [2.45, 2.75) is 25.7 Å². The summed E-state index contributed by atoms with van der Waals surface area (Å²) in [4.78, 5) is 13.9. The largest absolute Gasteiger partial charge is 0.490 e. The number of nitrogens with zero attached hydrogens (tertiary/aromatic N) is 2. The zero-order chi connectivity index (χ0) is 22.2. The molecule has 8 nitrogen and oxygen atoms in total. The smallest absolute Gasteiger partial charge is 0.322 e. The lowest BCUT2D eigenvalue weighted by atomic mass is 10.1. The van der Waals surface area contributed by atoms with Crippen molar-refractivity contribution < 1.29 is 23.4 Å². The van der Waals surface area contributed by atoms with E-state index in [-0.39, 0.29) is 6.01 Å². The number of rotatable bonds is 10. The number of hydrogen-bond donors (Lipinski definition) is 1. The second-order valence-corrected chi connectivity index (χ2v) is 7.08. The predicted molar refractivity (Wildman–Crippen MR) is 119 cm³/mol. The molecule has 0 unspecified atom stereocenters. The van der Waals surface area contributed by atoms with Crippen LogP contribution in [-0.4, -0.2) is 42.2 Å². The molecule has 1 amide bonds. The molecule has 0 saturated heterocycles. The minimum Gasteiger partial charge on any atom is -0.490 e. The summed E-state index contributed by atoms with van der Waals surface area (Å²) in [6, 6.07) is 10.9. The van der Waals surface area contributed by atoms with Gasteiger partial charge in [-0.05, 0) is 57.4 Å². The van der Waals surface area contributed by atoms with E-state index in [2.05, 4.69) is 15.5 Å². The van der Waals surface area contributed by atoms with Gasteiger partial charge in [-0.2, -0.15) is 0 Å². The fourth-order valence-corrected chi connectivity index (χ4v) is 3.30. The minimum atomic E-state index is -0.432. The van der Waals surface area contributed by atoms with Crippen molar-refractivity contribution in [3.8, 4) is 28.7 Å². The van der Waals surface area contributed by atoms with E-state index in [1.165, 1.54) is 0 Å². The lowest BCUT2D eigenvalue weighted by molar-refractivity contribution is 0.102. The van der Waals surface area contributed by atoms with E-state index in [1.54, 1.807) is 23.9 Å². The van der Waals surface area contributed by atoms with Gasteiger partial charge in [-0.1, -0.05) is 11.2 Å². The van der Waals surface area contributed by atoms with Gasteiger partial charge >= 0.3 is 6.01 Å². The average Bonchev–Trinajstić information content (AvgIpc) is 3.24. The Balaban J connectivity index is 1.85. The van der Waals surface area contributed by atoms with Crippen LogP contribution in [-0.2, 0) is 0 Å². The fourth-order valence-electron chi connectivity index (χ4n) is 2.84. The zero-order valence-electron chi connectivity index (χ0n) is 17.9. The highest BCUT2D eigenvalue weighted by molar-refractivity contribution is 7.98. The van der Waals surface area contributed by atoms with Crippen molar-refractivity contribution in [1.82, 2.24) is 10.2 Å². The van der Waals surface area contributed by atoms with E-state index < -0.39 is 5.91 Å². The van der Waals surface area contributed by atoms with E-state index in [0.717, 1.165) is 10.5 Å². The molecule has 2 aromatic carbocycles. The third kappa shape index (κ3) is 5.49. The van der Waals surface area contributed by atoms with Crippen LogP contribution in [0.4, 0.5) is 6.01 Å². The molecule has 1 heterocycles. The molecule has 1 N–H and O–H groups in total. The van der Waals surface area contributed by atoms with Gasteiger partial charge < -0.3 is 18.6 Å². The van der Waals surface area contributed by atoms with Crippen molar-refractivity contribution in [1.29, 1.82) is 0 Å². The van der Waals surface area contributed by atoms with E-state index >= 15 is 0 Å². The molecule has 0 aliphatic heterocycles. The third-order valence-electron chi connectivity index (χ3n) is 4.13. The van der Waals surface area contributed by atoms with Crippen LogP contribution >= 0.6 is 11.8 Å². The number of anilines is 1. The summed E-state index contributed by atoms with van der Waals surface area (Å²) < 4.78 is 22.6. The SMILES string of the molecule is CCOc1cc(C(=O)Nc2nnc(-c3cccc(SC)c3)o2)cc(OCC)c1OCC. The Morgan fingerprint density at radius 2 is 1.68 bits per heavy atom. The van der Waals surface area contributed by atoms with Crippen molar-refractivity contribution in [3.05, 3.63) is 42.0 Å². The molecule has 0 radical (unpaired) electrons. The Morgan fingerprint density at radius 3 is 2.29 bits per heavy atom. The van der Waals surface area contributed by atoms with Gasteiger partial charge in [0, 0.05) is 16.0 Å².